The van der Waals surface area contributed by atoms with Crippen molar-refractivity contribution in [2.75, 3.05) is 6.61 Å². The Labute approximate surface area is 102 Å². The fourth-order valence-corrected chi connectivity index (χ4v) is 3.09. The summed E-state index contributed by atoms with van der Waals surface area (Å²) in [5, 5.41) is 13.3. The fraction of sp³-hybridized carbons (Fsp3) is 0.769. The summed E-state index contributed by atoms with van der Waals surface area (Å²) >= 11 is 0. The highest BCUT2D eigenvalue weighted by atomic mass is 16.3. The van der Waals surface area contributed by atoms with E-state index in [9.17, 15) is 5.11 Å². The molecular weight excluding hydrogens is 214 g/mol. The van der Waals surface area contributed by atoms with Gasteiger partial charge in [0, 0.05) is 30.0 Å². The lowest BCUT2D eigenvalue weighted by atomic mass is 9.98. The van der Waals surface area contributed by atoms with Crippen molar-refractivity contribution in [1.82, 2.24) is 14.9 Å². The van der Waals surface area contributed by atoms with Crippen LogP contribution in [0.4, 0.5) is 0 Å². The molecule has 2 aliphatic rings. The van der Waals surface area contributed by atoms with E-state index in [0.717, 1.165) is 25.1 Å². The van der Waals surface area contributed by atoms with Crippen molar-refractivity contribution in [2.24, 2.45) is 0 Å². The number of aliphatic hydroxyl groups excluding tert-OH is 1. The minimum atomic E-state index is -0.0391. The molecular formula is C13H21N3O. The van der Waals surface area contributed by atoms with E-state index in [-0.39, 0.29) is 12.1 Å². The standard InChI is InChI=1S/C13H21N3O/c1-10-14-6-7-16(10)12-4-5-13(8-12,9-17)15-11-2-3-11/h6-7,11-12,15,17H,2-5,8-9H2,1H3. The molecule has 2 fully saturated rings. The summed E-state index contributed by atoms with van der Waals surface area (Å²) in [7, 11) is 0. The Morgan fingerprint density at radius 3 is 2.94 bits per heavy atom. The molecule has 94 valence electrons. The molecule has 0 spiro atoms. The molecule has 0 aromatic carbocycles. The van der Waals surface area contributed by atoms with Gasteiger partial charge >= 0.3 is 0 Å². The third kappa shape index (κ3) is 2.11. The van der Waals surface area contributed by atoms with Crippen LogP contribution in [0.15, 0.2) is 12.4 Å². The number of nitrogens with zero attached hydrogens (tertiary/aromatic N) is 2. The molecule has 0 amide bonds. The molecule has 1 heterocycles. The minimum absolute atomic E-state index is 0.0391. The zero-order valence-corrected chi connectivity index (χ0v) is 10.4. The number of imidazole rings is 1. The van der Waals surface area contributed by atoms with Gasteiger partial charge in [0.2, 0.25) is 0 Å². The average Bonchev–Trinajstić information content (AvgIpc) is 2.87. The van der Waals surface area contributed by atoms with Crippen molar-refractivity contribution in [1.29, 1.82) is 0 Å². The van der Waals surface area contributed by atoms with Gasteiger partial charge in [0.1, 0.15) is 5.82 Å². The quantitative estimate of drug-likeness (QED) is 0.829. The van der Waals surface area contributed by atoms with Gasteiger partial charge in [-0.25, -0.2) is 4.98 Å². The van der Waals surface area contributed by atoms with Gasteiger partial charge in [0.15, 0.2) is 0 Å². The van der Waals surface area contributed by atoms with Crippen molar-refractivity contribution in [3.05, 3.63) is 18.2 Å². The molecule has 2 unspecified atom stereocenters. The van der Waals surface area contributed by atoms with Gasteiger partial charge in [-0.1, -0.05) is 0 Å². The molecule has 2 N–H and O–H groups in total. The van der Waals surface area contributed by atoms with E-state index < -0.39 is 0 Å². The zero-order chi connectivity index (χ0) is 11.9. The maximum absolute atomic E-state index is 9.69. The molecule has 2 aliphatic carbocycles. The number of aryl methyl sites for hydroxylation is 1. The number of aliphatic hydroxyl groups is 1. The van der Waals surface area contributed by atoms with Gasteiger partial charge in [-0.05, 0) is 39.0 Å². The number of hydrogen-bond donors (Lipinski definition) is 2. The predicted molar refractivity (Wildman–Crippen MR) is 65.8 cm³/mol. The third-order valence-electron chi connectivity index (χ3n) is 4.23. The Bertz CT molecular complexity index is 399. The first kappa shape index (κ1) is 11.2. The Kier molecular flexibility index (Phi) is 2.71. The zero-order valence-electron chi connectivity index (χ0n) is 10.4. The molecule has 1 aromatic heterocycles. The monoisotopic (exact) mass is 235 g/mol. The summed E-state index contributed by atoms with van der Waals surface area (Å²) in [5.74, 6) is 1.08. The van der Waals surface area contributed by atoms with Gasteiger partial charge in [0.05, 0.1) is 6.61 Å². The Morgan fingerprint density at radius 2 is 2.35 bits per heavy atom. The number of aromatic nitrogens is 2. The summed E-state index contributed by atoms with van der Waals surface area (Å²) in [5.41, 5.74) is -0.0391. The highest BCUT2D eigenvalue weighted by Gasteiger charge is 2.42. The first-order chi connectivity index (χ1) is 8.22. The van der Waals surface area contributed by atoms with E-state index >= 15 is 0 Å². The average molecular weight is 235 g/mol. The topological polar surface area (TPSA) is 50.1 Å². The molecule has 0 saturated heterocycles. The molecule has 2 atom stereocenters. The van der Waals surface area contributed by atoms with Crippen LogP contribution in [0, 0.1) is 6.92 Å². The summed E-state index contributed by atoms with van der Waals surface area (Å²) < 4.78 is 2.26. The predicted octanol–water partition coefficient (Wildman–Crippen LogP) is 1.40. The van der Waals surface area contributed by atoms with Gasteiger partial charge in [0.25, 0.3) is 0 Å². The molecule has 0 radical (unpaired) electrons. The van der Waals surface area contributed by atoms with Crippen molar-refractivity contribution < 1.29 is 5.11 Å². The van der Waals surface area contributed by atoms with Crippen LogP contribution in [-0.4, -0.2) is 32.8 Å². The van der Waals surface area contributed by atoms with Crippen LogP contribution in [0.2, 0.25) is 0 Å². The maximum Gasteiger partial charge on any atom is 0.105 e. The second-order valence-electron chi connectivity index (χ2n) is 5.64. The van der Waals surface area contributed by atoms with Gasteiger partial charge in [-0.2, -0.15) is 0 Å². The molecule has 0 aliphatic heterocycles. The molecule has 1 aromatic rings. The second kappa shape index (κ2) is 4.10. The van der Waals surface area contributed by atoms with Crippen molar-refractivity contribution in [3.63, 3.8) is 0 Å². The third-order valence-corrected chi connectivity index (χ3v) is 4.23. The van der Waals surface area contributed by atoms with Crippen molar-refractivity contribution in [3.8, 4) is 0 Å². The summed E-state index contributed by atoms with van der Waals surface area (Å²) in [4.78, 5) is 4.29. The molecule has 0 bridgehead atoms. The summed E-state index contributed by atoms with van der Waals surface area (Å²) in [6, 6.07) is 1.15. The summed E-state index contributed by atoms with van der Waals surface area (Å²) in [6.07, 6.45) is 9.71. The molecule has 3 rings (SSSR count). The van der Waals surface area contributed by atoms with Crippen LogP contribution < -0.4 is 5.32 Å². The first-order valence-electron chi connectivity index (χ1n) is 6.60. The lowest BCUT2D eigenvalue weighted by molar-refractivity contribution is 0.158. The maximum atomic E-state index is 9.69. The summed E-state index contributed by atoms with van der Waals surface area (Å²) in [6.45, 7) is 2.31. The molecule has 17 heavy (non-hydrogen) atoms. The molecule has 2 saturated carbocycles. The van der Waals surface area contributed by atoms with E-state index in [2.05, 4.69) is 21.1 Å². The molecule has 4 heteroatoms. The highest BCUT2D eigenvalue weighted by molar-refractivity contribution is 5.04. The van der Waals surface area contributed by atoms with Crippen LogP contribution >= 0.6 is 0 Å². The lowest BCUT2D eigenvalue weighted by Crippen LogP contribution is -2.47. The van der Waals surface area contributed by atoms with Crippen LogP contribution in [0.1, 0.15) is 44.0 Å². The van der Waals surface area contributed by atoms with E-state index in [1.54, 1.807) is 0 Å². The van der Waals surface area contributed by atoms with E-state index in [1.807, 2.05) is 13.1 Å². The number of rotatable bonds is 4. The SMILES string of the molecule is Cc1nccn1C1CCC(CO)(NC2CC2)C1. The van der Waals surface area contributed by atoms with E-state index in [0.29, 0.717) is 12.1 Å². The van der Waals surface area contributed by atoms with Gasteiger partial charge in [-0.15, -0.1) is 0 Å². The number of hydrogen-bond acceptors (Lipinski definition) is 3. The Balaban J connectivity index is 1.72. The van der Waals surface area contributed by atoms with Gasteiger partial charge < -0.3 is 15.0 Å². The smallest absolute Gasteiger partial charge is 0.105 e. The second-order valence-corrected chi connectivity index (χ2v) is 5.64. The first-order valence-corrected chi connectivity index (χ1v) is 6.60. The molecule has 4 nitrogen and oxygen atoms in total. The van der Waals surface area contributed by atoms with Crippen LogP contribution in [-0.2, 0) is 0 Å². The van der Waals surface area contributed by atoms with Crippen LogP contribution in [0.3, 0.4) is 0 Å². The highest BCUT2D eigenvalue weighted by Crippen LogP contribution is 2.40. The normalized spacial score (nSPS) is 33.2. The van der Waals surface area contributed by atoms with Crippen molar-refractivity contribution >= 4 is 0 Å². The Morgan fingerprint density at radius 1 is 1.53 bits per heavy atom. The Hall–Kier alpha value is -0.870. The lowest BCUT2D eigenvalue weighted by Gasteiger charge is -2.29. The van der Waals surface area contributed by atoms with Crippen LogP contribution in [0.25, 0.3) is 0 Å². The van der Waals surface area contributed by atoms with Crippen LogP contribution in [0.5, 0.6) is 0 Å². The van der Waals surface area contributed by atoms with E-state index in [4.69, 9.17) is 0 Å². The van der Waals surface area contributed by atoms with Gasteiger partial charge in [-0.3, -0.25) is 0 Å². The minimum Gasteiger partial charge on any atom is -0.394 e. The fourth-order valence-electron chi connectivity index (χ4n) is 3.09. The largest absolute Gasteiger partial charge is 0.394 e. The van der Waals surface area contributed by atoms with E-state index in [1.165, 1.54) is 12.8 Å². The number of nitrogens with one attached hydrogen (secondary N) is 1. The van der Waals surface area contributed by atoms with Crippen molar-refractivity contribution in [2.45, 2.75) is 56.7 Å².